The number of nitrogens with zero attached hydrogens (tertiary/aromatic N) is 2. The first kappa shape index (κ1) is 10.7. The summed E-state index contributed by atoms with van der Waals surface area (Å²) in [5.41, 5.74) is 0. The molecular weight excluding hydrogens is 212 g/mol. The van der Waals surface area contributed by atoms with Crippen LogP contribution in [0.25, 0.3) is 0 Å². The molecule has 0 radical (unpaired) electrons. The lowest BCUT2D eigenvalue weighted by Gasteiger charge is -2.27. The summed E-state index contributed by atoms with van der Waals surface area (Å²) in [5, 5.41) is 21.0. The van der Waals surface area contributed by atoms with Crippen LogP contribution in [0.2, 0.25) is 0 Å². The number of rotatable bonds is 2. The number of thiazole rings is 1. The van der Waals surface area contributed by atoms with Crippen LogP contribution in [-0.4, -0.2) is 34.4 Å². The smallest absolute Gasteiger partial charge is 0.223 e. The molecule has 4 nitrogen and oxygen atoms in total. The number of hydrogen-bond acceptors (Lipinski definition) is 5. The van der Waals surface area contributed by atoms with Gasteiger partial charge in [-0.15, -0.1) is 11.3 Å². The molecule has 0 spiro atoms. The zero-order chi connectivity index (χ0) is 10.7. The second-order valence-corrected chi connectivity index (χ2v) is 4.70. The van der Waals surface area contributed by atoms with Gasteiger partial charge in [0, 0.05) is 6.54 Å². The molecule has 2 rings (SSSR count). The summed E-state index contributed by atoms with van der Waals surface area (Å²) in [7, 11) is 0. The van der Waals surface area contributed by atoms with Crippen LogP contribution in [0.1, 0.15) is 25.7 Å². The van der Waals surface area contributed by atoms with Gasteiger partial charge in [-0.1, -0.05) is 12.8 Å². The Morgan fingerprint density at radius 2 is 2.33 bits per heavy atom. The molecule has 1 aliphatic heterocycles. The number of hydrogen-bond donors (Lipinski definition) is 2. The van der Waals surface area contributed by atoms with Gasteiger partial charge in [0.2, 0.25) is 5.88 Å². The lowest BCUT2D eigenvalue weighted by molar-refractivity contribution is 0.255. The Bertz CT molecular complexity index is 316. The van der Waals surface area contributed by atoms with Gasteiger partial charge in [0.1, 0.15) is 0 Å². The van der Waals surface area contributed by atoms with Crippen LogP contribution in [0.5, 0.6) is 5.88 Å². The molecule has 1 aromatic heterocycles. The number of aliphatic hydroxyl groups excluding tert-OH is 1. The van der Waals surface area contributed by atoms with Crippen LogP contribution >= 0.6 is 11.3 Å². The monoisotopic (exact) mass is 228 g/mol. The van der Waals surface area contributed by atoms with E-state index in [1.807, 2.05) is 0 Å². The predicted molar refractivity (Wildman–Crippen MR) is 60.5 cm³/mol. The molecule has 2 N–H and O–H groups in total. The van der Waals surface area contributed by atoms with Crippen LogP contribution in [0.15, 0.2) is 5.38 Å². The molecule has 1 saturated heterocycles. The normalized spacial score (nSPS) is 22.7. The lowest BCUT2D eigenvalue weighted by Crippen LogP contribution is -2.37. The molecule has 15 heavy (non-hydrogen) atoms. The third-order valence-corrected chi connectivity index (χ3v) is 3.68. The van der Waals surface area contributed by atoms with Gasteiger partial charge in [0.15, 0.2) is 5.13 Å². The van der Waals surface area contributed by atoms with Crippen molar-refractivity contribution in [1.29, 1.82) is 0 Å². The van der Waals surface area contributed by atoms with Crippen LogP contribution in [0, 0.1) is 0 Å². The Kier molecular flexibility index (Phi) is 3.43. The van der Waals surface area contributed by atoms with E-state index in [0.29, 0.717) is 0 Å². The Hall–Kier alpha value is -0.810. The Balaban J connectivity index is 2.16. The molecular formula is C10H16N2O2S. The fourth-order valence-electron chi connectivity index (χ4n) is 2.01. The summed E-state index contributed by atoms with van der Waals surface area (Å²) in [4.78, 5) is 6.19. The van der Waals surface area contributed by atoms with Gasteiger partial charge in [-0.25, -0.2) is 0 Å². The fraction of sp³-hybridized carbons (Fsp3) is 0.700. The highest BCUT2D eigenvalue weighted by Crippen LogP contribution is 2.29. The van der Waals surface area contributed by atoms with Gasteiger partial charge in [-0.2, -0.15) is 4.98 Å². The molecule has 0 amide bonds. The Morgan fingerprint density at radius 1 is 1.47 bits per heavy atom. The van der Waals surface area contributed by atoms with Gasteiger partial charge in [0.25, 0.3) is 0 Å². The van der Waals surface area contributed by atoms with Crippen LogP contribution in [-0.2, 0) is 0 Å². The predicted octanol–water partition coefficient (Wildman–Crippen LogP) is 1.59. The summed E-state index contributed by atoms with van der Waals surface area (Å²) < 4.78 is 0. The minimum atomic E-state index is 0.0796. The van der Waals surface area contributed by atoms with E-state index < -0.39 is 0 Å². The average molecular weight is 228 g/mol. The maximum atomic E-state index is 9.33. The van der Waals surface area contributed by atoms with Crippen molar-refractivity contribution in [2.24, 2.45) is 0 Å². The van der Waals surface area contributed by atoms with Crippen molar-refractivity contribution in [3.8, 4) is 5.88 Å². The molecule has 0 aromatic carbocycles. The zero-order valence-corrected chi connectivity index (χ0v) is 9.41. The highest BCUT2D eigenvalue weighted by atomic mass is 32.1. The average Bonchev–Trinajstić information content (AvgIpc) is 2.54. The zero-order valence-electron chi connectivity index (χ0n) is 8.59. The van der Waals surface area contributed by atoms with E-state index >= 15 is 0 Å². The molecule has 0 aliphatic carbocycles. The fourth-order valence-corrected chi connectivity index (χ4v) is 2.79. The second-order valence-electron chi connectivity index (χ2n) is 3.87. The molecule has 5 heteroatoms. The summed E-state index contributed by atoms with van der Waals surface area (Å²) in [6, 6.07) is 0.165. The van der Waals surface area contributed by atoms with Gasteiger partial charge in [-0.05, 0) is 12.8 Å². The van der Waals surface area contributed by atoms with Gasteiger partial charge >= 0.3 is 0 Å². The Morgan fingerprint density at radius 3 is 3.00 bits per heavy atom. The van der Waals surface area contributed by atoms with Gasteiger partial charge < -0.3 is 15.1 Å². The SMILES string of the molecule is OCC1CCCCCN1c1nc(O)cs1. The minimum absolute atomic E-state index is 0.0796. The van der Waals surface area contributed by atoms with E-state index in [-0.39, 0.29) is 18.5 Å². The molecule has 1 fully saturated rings. The van der Waals surface area contributed by atoms with Crippen molar-refractivity contribution in [1.82, 2.24) is 4.98 Å². The number of aromatic nitrogens is 1. The first-order valence-corrected chi connectivity index (χ1v) is 6.21. The third-order valence-electron chi connectivity index (χ3n) is 2.81. The number of anilines is 1. The number of aromatic hydroxyl groups is 1. The molecule has 2 heterocycles. The van der Waals surface area contributed by atoms with E-state index in [4.69, 9.17) is 0 Å². The molecule has 1 aliphatic rings. The standard InChI is InChI=1S/C10H16N2O2S/c13-6-8-4-2-1-3-5-12(8)10-11-9(14)7-15-10/h7-8,13-14H,1-6H2. The summed E-state index contributed by atoms with van der Waals surface area (Å²) >= 11 is 1.44. The summed E-state index contributed by atoms with van der Waals surface area (Å²) in [6.45, 7) is 1.10. The van der Waals surface area contributed by atoms with Crippen LogP contribution < -0.4 is 4.90 Å². The molecule has 84 valence electrons. The maximum absolute atomic E-state index is 9.33. The van der Waals surface area contributed by atoms with Crippen molar-refractivity contribution in [3.05, 3.63) is 5.38 Å². The minimum Gasteiger partial charge on any atom is -0.493 e. The van der Waals surface area contributed by atoms with Crippen molar-refractivity contribution in [2.75, 3.05) is 18.1 Å². The van der Waals surface area contributed by atoms with E-state index in [0.717, 1.165) is 24.5 Å². The quantitative estimate of drug-likeness (QED) is 0.807. The Labute approximate surface area is 93.2 Å². The van der Waals surface area contributed by atoms with E-state index in [9.17, 15) is 10.2 Å². The molecule has 1 aromatic rings. The topological polar surface area (TPSA) is 56.6 Å². The first-order valence-electron chi connectivity index (χ1n) is 5.33. The highest BCUT2D eigenvalue weighted by molar-refractivity contribution is 7.13. The van der Waals surface area contributed by atoms with Crippen molar-refractivity contribution >= 4 is 16.5 Å². The highest BCUT2D eigenvalue weighted by Gasteiger charge is 2.22. The van der Waals surface area contributed by atoms with Crippen molar-refractivity contribution in [3.63, 3.8) is 0 Å². The summed E-state index contributed by atoms with van der Waals surface area (Å²) in [5.74, 6) is 0.0796. The van der Waals surface area contributed by atoms with Crippen molar-refractivity contribution in [2.45, 2.75) is 31.7 Å². The van der Waals surface area contributed by atoms with Crippen LogP contribution in [0.4, 0.5) is 5.13 Å². The molecule has 0 saturated carbocycles. The van der Waals surface area contributed by atoms with Gasteiger partial charge in [-0.3, -0.25) is 0 Å². The van der Waals surface area contributed by atoms with Crippen LogP contribution in [0.3, 0.4) is 0 Å². The van der Waals surface area contributed by atoms with E-state index in [1.165, 1.54) is 24.2 Å². The summed E-state index contributed by atoms with van der Waals surface area (Å²) in [6.07, 6.45) is 4.52. The maximum Gasteiger partial charge on any atom is 0.223 e. The molecule has 0 bridgehead atoms. The molecule has 1 unspecified atom stereocenters. The second kappa shape index (κ2) is 4.81. The molecule has 1 atom stereocenters. The van der Waals surface area contributed by atoms with Crippen molar-refractivity contribution < 1.29 is 10.2 Å². The van der Waals surface area contributed by atoms with Gasteiger partial charge in [0.05, 0.1) is 18.0 Å². The number of aliphatic hydroxyl groups is 1. The first-order chi connectivity index (χ1) is 7.31. The largest absolute Gasteiger partial charge is 0.493 e. The lowest BCUT2D eigenvalue weighted by atomic mass is 10.1. The third kappa shape index (κ3) is 2.41. The van der Waals surface area contributed by atoms with E-state index in [2.05, 4.69) is 9.88 Å². The van der Waals surface area contributed by atoms with E-state index in [1.54, 1.807) is 5.38 Å².